The van der Waals surface area contributed by atoms with Gasteiger partial charge in [0.25, 0.3) is 5.91 Å². The van der Waals surface area contributed by atoms with Crippen LogP contribution in [0.1, 0.15) is 10.5 Å². The van der Waals surface area contributed by atoms with Crippen molar-refractivity contribution in [2.45, 2.75) is 0 Å². The van der Waals surface area contributed by atoms with Gasteiger partial charge >= 0.3 is 0 Å². The minimum Gasteiger partial charge on any atom is -0.308 e. The standard InChI is InChI=1S/C16H18ClN5OS.ClH/c1-20(2)8-9-22(15(23)13-6-7-21(3)19-13)16-18-12-5-4-11(17)10-14(12)24-16;/h4-7,10H,8-9H2,1-3H3;1H. The third-order valence-corrected chi connectivity index (χ3v) is 4.80. The molecule has 0 radical (unpaired) electrons. The summed E-state index contributed by atoms with van der Waals surface area (Å²) in [6.07, 6.45) is 1.76. The molecule has 134 valence electrons. The van der Waals surface area contributed by atoms with Crippen LogP contribution in [0.3, 0.4) is 0 Å². The average Bonchev–Trinajstić information content (AvgIpc) is 3.12. The number of fused-ring (bicyclic) bond motifs is 1. The van der Waals surface area contributed by atoms with Gasteiger partial charge in [0.2, 0.25) is 0 Å². The Bertz CT molecular complexity index is 876. The Kier molecular flexibility index (Phi) is 6.40. The number of halogens is 2. The second-order valence-electron chi connectivity index (χ2n) is 5.74. The van der Waals surface area contributed by atoms with Crippen molar-refractivity contribution in [3.8, 4) is 0 Å². The van der Waals surface area contributed by atoms with Crippen molar-refractivity contribution in [3.05, 3.63) is 41.2 Å². The quantitative estimate of drug-likeness (QED) is 0.660. The minimum atomic E-state index is -0.150. The molecule has 0 aliphatic carbocycles. The molecule has 3 aromatic rings. The zero-order chi connectivity index (χ0) is 17.3. The van der Waals surface area contributed by atoms with Gasteiger partial charge in [-0.15, -0.1) is 12.4 Å². The van der Waals surface area contributed by atoms with Crippen LogP contribution in [0.25, 0.3) is 10.2 Å². The molecule has 6 nitrogen and oxygen atoms in total. The topological polar surface area (TPSA) is 54.3 Å². The maximum Gasteiger partial charge on any atom is 0.280 e. The number of nitrogens with zero attached hydrogens (tertiary/aromatic N) is 5. The molecule has 0 aliphatic rings. The number of thiazole rings is 1. The first-order valence-electron chi connectivity index (χ1n) is 7.46. The molecule has 0 atom stereocenters. The Morgan fingerprint density at radius 1 is 1.28 bits per heavy atom. The first-order chi connectivity index (χ1) is 11.4. The molecule has 0 N–H and O–H groups in total. The maximum absolute atomic E-state index is 12.9. The molecule has 2 heterocycles. The summed E-state index contributed by atoms with van der Waals surface area (Å²) in [6.45, 7) is 1.27. The van der Waals surface area contributed by atoms with Crippen LogP contribution in [0.15, 0.2) is 30.5 Å². The number of carbonyl (C=O) groups excluding carboxylic acids is 1. The van der Waals surface area contributed by atoms with Gasteiger partial charge in [-0.3, -0.25) is 14.4 Å². The van der Waals surface area contributed by atoms with Gasteiger partial charge in [0.15, 0.2) is 10.8 Å². The summed E-state index contributed by atoms with van der Waals surface area (Å²) in [5, 5.41) is 5.54. The smallest absolute Gasteiger partial charge is 0.280 e. The third kappa shape index (κ3) is 4.49. The van der Waals surface area contributed by atoms with E-state index < -0.39 is 0 Å². The molecule has 1 amide bonds. The van der Waals surface area contributed by atoms with Gasteiger partial charge in [0, 0.05) is 31.4 Å². The fourth-order valence-corrected chi connectivity index (χ4v) is 3.52. The number of hydrogen-bond donors (Lipinski definition) is 0. The Morgan fingerprint density at radius 2 is 2.04 bits per heavy atom. The van der Waals surface area contributed by atoms with Gasteiger partial charge in [0.05, 0.1) is 10.2 Å². The van der Waals surface area contributed by atoms with Crippen LogP contribution in [-0.2, 0) is 7.05 Å². The molecule has 0 aliphatic heterocycles. The van der Waals surface area contributed by atoms with Gasteiger partial charge in [-0.2, -0.15) is 5.10 Å². The number of anilines is 1. The number of likely N-dealkylation sites (N-methyl/N-ethyl adjacent to an activating group) is 1. The van der Waals surface area contributed by atoms with E-state index in [4.69, 9.17) is 11.6 Å². The highest BCUT2D eigenvalue weighted by Crippen LogP contribution is 2.31. The summed E-state index contributed by atoms with van der Waals surface area (Å²) < 4.78 is 2.58. The Hall–Kier alpha value is -1.67. The van der Waals surface area contributed by atoms with E-state index in [1.807, 2.05) is 31.1 Å². The van der Waals surface area contributed by atoms with E-state index in [9.17, 15) is 4.79 Å². The molecule has 25 heavy (non-hydrogen) atoms. The van der Waals surface area contributed by atoms with Crippen molar-refractivity contribution in [1.82, 2.24) is 19.7 Å². The number of amides is 1. The Morgan fingerprint density at radius 3 is 2.68 bits per heavy atom. The third-order valence-electron chi connectivity index (χ3n) is 3.52. The van der Waals surface area contributed by atoms with Crippen LogP contribution in [-0.4, -0.2) is 52.8 Å². The molecule has 0 spiro atoms. The van der Waals surface area contributed by atoms with Gasteiger partial charge in [0.1, 0.15) is 0 Å². The van der Waals surface area contributed by atoms with E-state index in [0.717, 1.165) is 16.8 Å². The van der Waals surface area contributed by atoms with E-state index in [1.165, 1.54) is 11.3 Å². The molecule has 0 bridgehead atoms. The summed E-state index contributed by atoms with van der Waals surface area (Å²) in [5.41, 5.74) is 1.25. The molecule has 0 saturated carbocycles. The van der Waals surface area contributed by atoms with Crippen molar-refractivity contribution < 1.29 is 4.79 Å². The molecule has 9 heteroatoms. The van der Waals surface area contributed by atoms with E-state index >= 15 is 0 Å². The number of benzene rings is 1. The first kappa shape index (κ1) is 19.7. The van der Waals surface area contributed by atoms with Crippen LogP contribution >= 0.6 is 35.3 Å². The summed E-state index contributed by atoms with van der Waals surface area (Å²) in [7, 11) is 5.74. The zero-order valence-corrected chi connectivity index (χ0v) is 16.5. The number of rotatable bonds is 5. The number of carbonyl (C=O) groups is 1. The summed E-state index contributed by atoms with van der Waals surface area (Å²) in [6, 6.07) is 7.26. The highest BCUT2D eigenvalue weighted by atomic mass is 35.5. The van der Waals surface area contributed by atoms with Gasteiger partial charge < -0.3 is 4.90 Å². The average molecular weight is 400 g/mol. The summed E-state index contributed by atoms with van der Waals surface area (Å²) in [4.78, 5) is 21.2. The van der Waals surface area contributed by atoms with Crippen molar-refractivity contribution in [3.63, 3.8) is 0 Å². The lowest BCUT2D eigenvalue weighted by molar-refractivity contribution is 0.0979. The van der Waals surface area contributed by atoms with E-state index in [-0.39, 0.29) is 18.3 Å². The maximum atomic E-state index is 12.9. The molecule has 0 saturated heterocycles. The lowest BCUT2D eigenvalue weighted by atomic mass is 10.3. The van der Waals surface area contributed by atoms with Crippen LogP contribution < -0.4 is 4.90 Å². The van der Waals surface area contributed by atoms with Gasteiger partial charge in [-0.1, -0.05) is 22.9 Å². The van der Waals surface area contributed by atoms with Crippen LogP contribution in [0, 0.1) is 0 Å². The van der Waals surface area contributed by atoms with E-state index in [2.05, 4.69) is 10.1 Å². The van der Waals surface area contributed by atoms with Gasteiger partial charge in [-0.05, 0) is 38.4 Å². The first-order valence-corrected chi connectivity index (χ1v) is 8.66. The SMILES string of the molecule is CN(C)CCN(C(=O)c1ccn(C)n1)c1nc2ccc(Cl)cc2s1.Cl. The fraction of sp³-hybridized carbons (Fsp3) is 0.312. The highest BCUT2D eigenvalue weighted by Gasteiger charge is 2.23. The minimum absolute atomic E-state index is 0. The monoisotopic (exact) mass is 399 g/mol. The van der Waals surface area contributed by atoms with Crippen molar-refractivity contribution >= 4 is 56.6 Å². The zero-order valence-electron chi connectivity index (χ0n) is 14.1. The predicted octanol–water partition coefficient (Wildman–Crippen LogP) is 3.31. The number of aryl methyl sites for hydroxylation is 1. The Labute approximate surface area is 161 Å². The molecule has 0 unspecified atom stereocenters. The van der Waals surface area contributed by atoms with Gasteiger partial charge in [-0.25, -0.2) is 4.98 Å². The number of hydrogen-bond acceptors (Lipinski definition) is 5. The largest absolute Gasteiger partial charge is 0.308 e. The van der Waals surface area contributed by atoms with Crippen molar-refractivity contribution in [2.75, 3.05) is 32.1 Å². The molecule has 1 aromatic carbocycles. The highest BCUT2D eigenvalue weighted by molar-refractivity contribution is 7.22. The van der Waals surface area contributed by atoms with E-state index in [0.29, 0.717) is 22.4 Å². The lowest BCUT2D eigenvalue weighted by Crippen LogP contribution is -2.37. The lowest BCUT2D eigenvalue weighted by Gasteiger charge is -2.21. The molecule has 3 rings (SSSR count). The number of aromatic nitrogens is 3. The molecular weight excluding hydrogens is 381 g/mol. The van der Waals surface area contributed by atoms with Crippen LogP contribution in [0.4, 0.5) is 5.13 Å². The van der Waals surface area contributed by atoms with E-state index in [1.54, 1.807) is 35.0 Å². The van der Waals surface area contributed by atoms with Crippen LogP contribution in [0.2, 0.25) is 5.02 Å². The normalized spacial score (nSPS) is 10.9. The fourth-order valence-electron chi connectivity index (χ4n) is 2.25. The Balaban J connectivity index is 0.00000225. The van der Waals surface area contributed by atoms with Crippen molar-refractivity contribution in [2.24, 2.45) is 7.05 Å². The molecule has 0 fully saturated rings. The van der Waals surface area contributed by atoms with Crippen molar-refractivity contribution in [1.29, 1.82) is 0 Å². The molecular formula is C16H19Cl2N5OS. The van der Waals surface area contributed by atoms with Crippen LogP contribution in [0.5, 0.6) is 0 Å². The molecule has 2 aromatic heterocycles. The summed E-state index contributed by atoms with van der Waals surface area (Å²) >= 11 is 7.51. The predicted molar refractivity (Wildman–Crippen MR) is 105 cm³/mol. The second kappa shape index (κ2) is 8.14. The second-order valence-corrected chi connectivity index (χ2v) is 7.19. The summed E-state index contributed by atoms with van der Waals surface area (Å²) in [5.74, 6) is -0.150.